The highest BCUT2D eigenvalue weighted by Gasteiger charge is 2.19. The van der Waals surface area contributed by atoms with Crippen LogP contribution in [0.25, 0.3) is 0 Å². The van der Waals surface area contributed by atoms with Crippen LogP contribution >= 0.6 is 0 Å². The van der Waals surface area contributed by atoms with Crippen LogP contribution in [-0.2, 0) is 6.54 Å². The highest BCUT2D eigenvalue weighted by Crippen LogP contribution is 2.28. The summed E-state index contributed by atoms with van der Waals surface area (Å²) in [7, 11) is 1.71. The van der Waals surface area contributed by atoms with Crippen molar-refractivity contribution in [1.82, 2.24) is 10.3 Å². The fraction of sp³-hybridized carbons (Fsp3) is 0.206. The third-order valence-corrected chi connectivity index (χ3v) is 7.34. The molecule has 0 saturated carbocycles. The van der Waals surface area contributed by atoms with Gasteiger partial charge in [0.05, 0.1) is 18.5 Å². The summed E-state index contributed by atoms with van der Waals surface area (Å²) in [5.74, 6) is 0.471. The first-order valence-electron chi connectivity index (χ1n) is 14.0. The molecule has 0 aliphatic carbocycles. The van der Waals surface area contributed by atoms with Crippen LogP contribution in [0.2, 0.25) is 0 Å². The summed E-state index contributed by atoms with van der Waals surface area (Å²) in [6.45, 7) is 6.44. The van der Waals surface area contributed by atoms with Crippen molar-refractivity contribution in [2.45, 2.75) is 13.5 Å². The molecule has 1 aliphatic heterocycles. The highest BCUT2D eigenvalue weighted by atomic mass is 16.5. The van der Waals surface area contributed by atoms with E-state index in [2.05, 4.69) is 31.7 Å². The molecule has 0 unspecified atom stereocenters. The smallest absolute Gasteiger partial charge is 0.271 e. The van der Waals surface area contributed by atoms with Crippen LogP contribution in [0.3, 0.4) is 0 Å². The van der Waals surface area contributed by atoms with E-state index in [0.29, 0.717) is 22.5 Å². The van der Waals surface area contributed by atoms with Crippen LogP contribution in [0.4, 0.5) is 11.4 Å². The fourth-order valence-electron chi connectivity index (χ4n) is 4.91. The molecule has 0 atom stereocenters. The third-order valence-electron chi connectivity index (χ3n) is 7.34. The number of rotatable bonds is 9. The number of hydrogen-bond donors (Lipinski definition) is 2. The Morgan fingerprint density at radius 1 is 0.738 bits per heavy atom. The van der Waals surface area contributed by atoms with Gasteiger partial charge in [-0.1, -0.05) is 54.6 Å². The summed E-state index contributed by atoms with van der Waals surface area (Å²) in [4.78, 5) is 29.9. The van der Waals surface area contributed by atoms with Crippen molar-refractivity contribution >= 4 is 28.9 Å². The summed E-state index contributed by atoms with van der Waals surface area (Å²) in [5, 5.41) is 7.16. The number of nitrogens with zero attached hydrogens (tertiary/aromatic N) is 3. The molecule has 4 aromatic rings. The van der Waals surface area contributed by atoms with E-state index in [4.69, 9.17) is 4.74 Å². The first-order chi connectivity index (χ1) is 20.5. The quantitative estimate of drug-likeness (QED) is 0.210. The maximum absolute atomic E-state index is 12.7. The van der Waals surface area contributed by atoms with Gasteiger partial charge in [0.1, 0.15) is 5.75 Å². The molecule has 8 heteroatoms. The van der Waals surface area contributed by atoms with E-state index in [1.54, 1.807) is 19.2 Å². The van der Waals surface area contributed by atoms with Gasteiger partial charge in [0.2, 0.25) is 0 Å². The number of methoxy groups -OCH3 is 1. The molecule has 0 bridgehead atoms. The van der Waals surface area contributed by atoms with Crippen molar-refractivity contribution in [3.8, 4) is 5.75 Å². The average Bonchev–Trinajstić information content (AvgIpc) is 3.05. The van der Waals surface area contributed by atoms with E-state index in [9.17, 15) is 9.59 Å². The molecule has 0 spiro atoms. The number of carbonyl (C=O) groups excluding carboxylic acids is 2. The molecular weight excluding hydrogens is 526 g/mol. The molecule has 1 fully saturated rings. The zero-order valence-corrected chi connectivity index (χ0v) is 23.9. The first kappa shape index (κ1) is 28.6. The topological polar surface area (TPSA) is 86.3 Å². The van der Waals surface area contributed by atoms with E-state index in [1.807, 2.05) is 91.9 Å². The van der Waals surface area contributed by atoms with Gasteiger partial charge in [0.15, 0.2) is 0 Å². The minimum atomic E-state index is -0.266. The number of ether oxygens (including phenoxy) is 1. The standard InChI is InChI=1S/C34H35N5O3/c1-25(27-16-18-30(19-17-27)35-33(40)28-8-4-3-5-9-28)36-37-34(41)29-14-12-26(13-15-29)24-38-20-22-39(23-21-38)31-10-6-7-11-32(31)42-2/h3-19H,20-24H2,1-2H3,(H,35,40)(H,37,41)/b36-25+. The largest absolute Gasteiger partial charge is 0.495 e. The van der Waals surface area contributed by atoms with Gasteiger partial charge in [-0.05, 0) is 66.6 Å². The van der Waals surface area contributed by atoms with E-state index >= 15 is 0 Å². The predicted molar refractivity (Wildman–Crippen MR) is 167 cm³/mol. The van der Waals surface area contributed by atoms with Gasteiger partial charge in [-0.3, -0.25) is 14.5 Å². The van der Waals surface area contributed by atoms with Gasteiger partial charge in [0, 0.05) is 49.5 Å². The number of hydrogen-bond acceptors (Lipinski definition) is 6. The van der Waals surface area contributed by atoms with E-state index in [-0.39, 0.29) is 11.8 Å². The zero-order valence-electron chi connectivity index (χ0n) is 23.9. The van der Waals surface area contributed by atoms with Crippen LogP contribution in [0, 0.1) is 0 Å². The second-order valence-electron chi connectivity index (χ2n) is 10.2. The van der Waals surface area contributed by atoms with Crippen molar-refractivity contribution in [2.24, 2.45) is 5.10 Å². The minimum absolute atomic E-state index is 0.168. The molecule has 4 aromatic carbocycles. The van der Waals surface area contributed by atoms with Gasteiger partial charge in [-0.2, -0.15) is 5.10 Å². The third kappa shape index (κ3) is 7.21. The van der Waals surface area contributed by atoms with Crippen molar-refractivity contribution in [3.05, 3.63) is 125 Å². The molecule has 1 saturated heterocycles. The molecule has 8 nitrogen and oxygen atoms in total. The molecule has 1 aliphatic rings. The summed E-state index contributed by atoms with van der Waals surface area (Å²) in [5.41, 5.74) is 8.28. The van der Waals surface area contributed by atoms with Crippen LogP contribution in [0.1, 0.15) is 38.8 Å². The van der Waals surface area contributed by atoms with Crippen molar-refractivity contribution in [1.29, 1.82) is 0 Å². The molecule has 2 N–H and O–H groups in total. The Morgan fingerprint density at radius 3 is 2.05 bits per heavy atom. The maximum atomic E-state index is 12.7. The lowest BCUT2D eigenvalue weighted by atomic mass is 10.1. The van der Waals surface area contributed by atoms with Crippen LogP contribution in [0.5, 0.6) is 5.75 Å². The van der Waals surface area contributed by atoms with Crippen LogP contribution in [-0.4, -0.2) is 55.7 Å². The lowest BCUT2D eigenvalue weighted by Crippen LogP contribution is -2.46. The Bertz CT molecular complexity index is 1530. The molecule has 1 heterocycles. The number of benzene rings is 4. The number of hydrazone groups is 1. The summed E-state index contributed by atoms with van der Waals surface area (Å²) in [6.07, 6.45) is 0. The summed E-state index contributed by atoms with van der Waals surface area (Å²) >= 11 is 0. The number of anilines is 2. The van der Waals surface area contributed by atoms with Gasteiger partial charge in [-0.25, -0.2) is 5.43 Å². The Kier molecular flexibility index (Phi) is 9.26. The monoisotopic (exact) mass is 561 g/mol. The Labute approximate surface area is 246 Å². The zero-order chi connectivity index (χ0) is 29.3. The van der Waals surface area contributed by atoms with Crippen molar-refractivity contribution < 1.29 is 14.3 Å². The van der Waals surface area contributed by atoms with Gasteiger partial charge < -0.3 is 15.0 Å². The molecule has 2 amide bonds. The van der Waals surface area contributed by atoms with Crippen LogP contribution in [0.15, 0.2) is 108 Å². The molecule has 0 radical (unpaired) electrons. The number of carbonyl (C=O) groups is 2. The number of para-hydroxylation sites is 2. The molecule has 214 valence electrons. The van der Waals surface area contributed by atoms with E-state index < -0.39 is 0 Å². The summed E-state index contributed by atoms with van der Waals surface area (Å²) < 4.78 is 5.52. The highest BCUT2D eigenvalue weighted by molar-refractivity contribution is 6.05. The van der Waals surface area contributed by atoms with Gasteiger partial charge in [-0.15, -0.1) is 0 Å². The molecule has 42 heavy (non-hydrogen) atoms. The van der Waals surface area contributed by atoms with Gasteiger partial charge >= 0.3 is 0 Å². The summed E-state index contributed by atoms with van der Waals surface area (Å²) in [6, 6.07) is 32.2. The van der Waals surface area contributed by atoms with Crippen molar-refractivity contribution in [2.75, 3.05) is 43.5 Å². The van der Waals surface area contributed by atoms with E-state index in [1.165, 1.54) is 0 Å². The maximum Gasteiger partial charge on any atom is 0.271 e. The Balaban J connectivity index is 1.10. The number of piperazine rings is 1. The second-order valence-corrected chi connectivity index (χ2v) is 10.2. The average molecular weight is 562 g/mol. The predicted octanol–water partition coefficient (Wildman–Crippen LogP) is 5.42. The van der Waals surface area contributed by atoms with Crippen molar-refractivity contribution in [3.63, 3.8) is 0 Å². The molecule has 5 rings (SSSR count). The Morgan fingerprint density at radius 2 is 1.36 bits per heavy atom. The number of nitrogens with one attached hydrogen (secondary N) is 2. The first-order valence-corrected chi connectivity index (χ1v) is 14.0. The minimum Gasteiger partial charge on any atom is -0.495 e. The molecule has 0 aromatic heterocycles. The molecular formula is C34H35N5O3. The number of amides is 2. The Hall–Kier alpha value is -4.95. The lowest BCUT2D eigenvalue weighted by molar-refractivity contribution is 0.0954. The lowest BCUT2D eigenvalue weighted by Gasteiger charge is -2.36. The van der Waals surface area contributed by atoms with E-state index in [0.717, 1.165) is 55.3 Å². The second kappa shape index (κ2) is 13.6. The van der Waals surface area contributed by atoms with Gasteiger partial charge in [0.25, 0.3) is 11.8 Å². The fourth-order valence-corrected chi connectivity index (χ4v) is 4.91. The van der Waals surface area contributed by atoms with Crippen LogP contribution < -0.4 is 20.4 Å². The normalized spacial score (nSPS) is 13.9. The SMILES string of the molecule is COc1ccccc1N1CCN(Cc2ccc(C(=O)N/N=C(\C)c3ccc(NC(=O)c4ccccc4)cc3)cc2)CC1.